The fraction of sp³-hybridized carbons (Fsp3) is 0.355. The average molecular weight is 580 g/mol. The van der Waals surface area contributed by atoms with Crippen LogP contribution in [0.1, 0.15) is 29.3 Å². The van der Waals surface area contributed by atoms with Gasteiger partial charge in [-0.3, -0.25) is 9.59 Å². The van der Waals surface area contributed by atoms with E-state index in [4.69, 9.17) is 4.74 Å². The second kappa shape index (κ2) is 11.8. The van der Waals surface area contributed by atoms with Crippen LogP contribution < -0.4 is 15.0 Å². The van der Waals surface area contributed by atoms with Crippen LogP contribution in [0.3, 0.4) is 0 Å². The molecule has 8 nitrogen and oxygen atoms in total. The number of nitrogens with zero attached hydrogens (tertiary/aromatic N) is 4. The second-order valence-electron chi connectivity index (χ2n) is 10.8. The van der Waals surface area contributed by atoms with Crippen molar-refractivity contribution in [2.45, 2.75) is 25.9 Å². The number of aromatic nitrogens is 2. The SMILES string of the molecule is C=CC(=O)Cc1cccc(Cc2nc(Nc3ccc(N4C[C@H]5CN(C(C)=O)C[C@H]5C4)cc3OC)ncc2C(F)(F)F)c1. The lowest BCUT2D eigenvalue weighted by Crippen LogP contribution is -2.31. The molecular weight excluding hydrogens is 547 g/mol. The summed E-state index contributed by atoms with van der Waals surface area (Å²) in [5.74, 6) is 1.26. The number of hydrogen-bond donors (Lipinski definition) is 1. The maximum Gasteiger partial charge on any atom is 0.419 e. The molecule has 2 aromatic carbocycles. The van der Waals surface area contributed by atoms with Crippen molar-refractivity contribution in [3.8, 4) is 5.75 Å². The van der Waals surface area contributed by atoms with Crippen LogP contribution in [0.25, 0.3) is 0 Å². The van der Waals surface area contributed by atoms with E-state index in [1.165, 1.54) is 13.2 Å². The molecule has 2 fully saturated rings. The number of alkyl halides is 3. The largest absolute Gasteiger partial charge is 0.494 e. The summed E-state index contributed by atoms with van der Waals surface area (Å²) in [6.45, 7) is 8.26. The molecule has 1 N–H and O–H groups in total. The van der Waals surface area contributed by atoms with Crippen LogP contribution in [0.5, 0.6) is 5.75 Å². The second-order valence-corrected chi connectivity index (χ2v) is 10.8. The fourth-order valence-corrected chi connectivity index (χ4v) is 5.73. The van der Waals surface area contributed by atoms with E-state index in [2.05, 4.69) is 26.8 Å². The van der Waals surface area contributed by atoms with E-state index in [1.807, 2.05) is 17.0 Å². The van der Waals surface area contributed by atoms with Crippen molar-refractivity contribution in [2.75, 3.05) is 43.5 Å². The number of ether oxygens (including phenoxy) is 1. The third-order valence-corrected chi connectivity index (χ3v) is 7.87. The predicted octanol–water partition coefficient (Wildman–Crippen LogP) is 5.05. The molecule has 0 bridgehead atoms. The molecule has 0 unspecified atom stereocenters. The van der Waals surface area contributed by atoms with Crippen molar-refractivity contribution < 1.29 is 27.5 Å². The Morgan fingerprint density at radius 3 is 2.45 bits per heavy atom. The maximum atomic E-state index is 13.9. The van der Waals surface area contributed by atoms with Crippen LogP contribution in [0, 0.1) is 11.8 Å². The van der Waals surface area contributed by atoms with Crippen molar-refractivity contribution in [1.29, 1.82) is 0 Å². The number of rotatable bonds is 9. The van der Waals surface area contributed by atoms with Crippen LogP contribution >= 0.6 is 0 Å². The average Bonchev–Trinajstić information content (AvgIpc) is 3.53. The summed E-state index contributed by atoms with van der Waals surface area (Å²) in [6.07, 6.45) is -2.62. The van der Waals surface area contributed by atoms with Crippen molar-refractivity contribution in [3.63, 3.8) is 0 Å². The summed E-state index contributed by atoms with van der Waals surface area (Å²) < 4.78 is 47.2. The number of hydrogen-bond acceptors (Lipinski definition) is 7. The predicted molar refractivity (Wildman–Crippen MR) is 153 cm³/mol. The number of carbonyl (C=O) groups excluding carboxylic acids is 2. The van der Waals surface area contributed by atoms with E-state index in [1.54, 1.807) is 37.3 Å². The van der Waals surface area contributed by atoms with Crippen LogP contribution in [0.2, 0.25) is 0 Å². The third kappa shape index (κ3) is 6.40. The van der Waals surface area contributed by atoms with Crippen LogP contribution in [0.4, 0.5) is 30.5 Å². The fourth-order valence-electron chi connectivity index (χ4n) is 5.73. The number of fused-ring (bicyclic) bond motifs is 1. The molecule has 0 saturated carbocycles. The zero-order valence-corrected chi connectivity index (χ0v) is 23.4. The number of nitrogens with one attached hydrogen (secondary N) is 1. The molecule has 5 rings (SSSR count). The maximum absolute atomic E-state index is 13.9. The first-order valence-electron chi connectivity index (χ1n) is 13.7. The molecule has 0 spiro atoms. The van der Waals surface area contributed by atoms with E-state index in [0.717, 1.165) is 38.1 Å². The van der Waals surface area contributed by atoms with Gasteiger partial charge in [0.05, 0.1) is 24.1 Å². The van der Waals surface area contributed by atoms with E-state index < -0.39 is 11.7 Å². The Bertz CT molecular complexity index is 1500. The van der Waals surface area contributed by atoms with Crippen molar-refractivity contribution in [2.24, 2.45) is 11.8 Å². The van der Waals surface area contributed by atoms with Gasteiger partial charge >= 0.3 is 6.18 Å². The van der Waals surface area contributed by atoms with Gasteiger partial charge in [-0.15, -0.1) is 0 Å². The minimum absolute atomic E-state index is 0.00192. The zero-order chi connectivity index (χ0) is 30.0. The Kier molecular flexibility index (Phi) is 8.20. The highest BCUT2D eigenvalue weighted by atomic mass is 19.4. The number of carbonyl (C=O) groups is 2. The Morgan fingerprint density at radius 1 is 1.10 bits per heavy atom. The summed E-state index contributed by atoms with van der Waals surface area (Å²) in [5, 5.41) is 3.02. The minimum Gasteiger partial charge on any atom is -0.494 e. The molecule has 220 valence electrons. The smallest absolute Gasteiger partial charge is 0.419 e. The molecule has 1 amide bonds. The minimum atomic E-state index is -4.64. The molecule has 2 saturated heterocycles. The lowest BCUT2D eigenvalue weighted by Gasteiger charge is -2.23. The normalized spacial score (nSPS) is 18.1. The summed E-state index contributed by atoms with van der Waals surface area (Å²) >= 11 is 0. The lowest BCUT2D eigenvalue weighted by molar-refractivity contribution is -0.138. The standard InChI is InChI=1S/C31H32F3N5O3/c1-4-25(41)11-20-6-5-7-21(10-20)12-28-26(31(32,33)34)14-35-30(37-28)36-27-9-8-24(13-29(27)42-3)39-17-22-15-38(19(2)40)16-23(22)18-39/h4-10,13-14,22-23H,1,11-12,15-18H2,2-3H3,(H,35,36,37)/t22-,23+. The lowest BCUT2D eigenvalue weighted by atomic mass is 10.0. The Balaban J connectivity index is 1.35. The molecule has 11 heteroatoms. The summed E-state index contributed by atoms with van der Waals surface area (Å²) in [4.78, 5) is 35.9. The quantitative estimate of drug-likeness (QED) is 0.355. The zero-order valence-electron chi connectivity index (χ0n) is 23.4. The number of anilines is 3. The number of amides is 1. The Labute approximate surface area is 242 Å². The third-order valence-electron chi connectivity index (χ3n) is 7.87. The van der Waals surface area contributed by atoms with Gasteiger partial charge in [0, 0.05) is 75.7 Å². The van der Waals surface area contributed by atoms with E-state index >= 15 is 0 Å². The van der Waals surface area contributed by atoms with E-state index in [-0.39, 0.29) is 36.2 Å². The summed E-state index contributed by atoms with van der Waals surface area (Å²) in [5.41, 5.74) is 1.63. The number of benzene rings is 2. The van der Waals surface area contributed by atoms with Gasteiger partial charge in [-0.1, -0.05) is 30.8 Å². The molecule has 3 aromatic rings. The molecule has 0 aliphatic carbocycles. The van der Waals surface area contributed by atoms with Crippen LogP contribution in [-0.2, 0) is 28.6 Å². The van der Waals surface area contributed by atoms with Gasteiger partial charge in [0.1, 0.15) is 5.75 Å². The molecular formula is C31H32F3N5O3. The number of halogens is 3. The first-order chi connectivity index (χ1) is 20.0. The first kappa shape index (κ1) is 29.1. The molecule has 42 heavy (non-hydrogen) atoms. The van der Waals surface area contributed by atoms with Gasteiger partial charge < -0.3 is 19.9 Å². The van der Waals surface area contributed by atoms with Crippen LogP contribution in [0.15, 0.2) is 61.3 Å². The molecule has 2 aliphatic rings. The molecule has 3 heterocycles. The molecule has 1 aromatic heterocycles. The Hall–Kier alpha value is -4.41. The number of ketones is 1. The van der Waals surface area contributed by atoms with Gasteiger partial charge in [-0.25, -0.2) is 9.97 Å². The van der Waals surface area contributed by atoms with Crippen molar-refractivity contribution in [3.05, 3.63) is 83.7 Å². The van der Waals surface area contributed by atoms with Gasteiger partial charge in [-0.05, 0) is 29.3 Å². The highest BCUT2D eigenvalue weighted by molar-refractivity contribution is 5.90. The molecule has 0 radical (unpaired) electrons. The van der Waals surface area contributed by atoms with Gasteiger partial charge in [0.2, 0.25) is 11.9 Å². The van der Waals surface area contributed by atoms with E-state index in [9.17, 15) is 22.8 Å². The summed E-state index contributed by atoms with van der Waals surface area (Å²) in [6, 6.07) is 12.4. The van der Waals surface area contributed by atoms with Gasteiger partial charge in [0.25, 0.3) is 0 Å². The summed E-state index contributed by atoms with van der Waals surface area (Å²) in [7, 11) is 1.52. The topological polar surface area (TPSA) is 87.7 Å². The van der Waals surface area contributed by atoms with Gasteiger partial charge in [0.15, 0.2) is 5.78 Å². The van der Waals surface area contributed by atoms with Gasteiger partial charge in [-0.2, -0.15) is 13.2 Å². The number of allylic oxidation sites excluding steroid dienone is 1. The molecule has 2 aliphatic heterocycles. The van der Waals surface area contributed by atoms with Crippen molar-refractivity contribution in [1.82, 2.24) is 14.9 Å². The Morgan fingerprint density at radius 2 is 1.81 bits per heavy atom. The number of likely N-dealkylation sites (tertiary alicyclic amines) is 1. The first-order valence-corrected chi connectivity index (χ1v) is 13.7. The highest BCUT2D eigenvalue weighted by Crippen LogP contribution is 2.38. The number of methoxy groups -OCH3 is 1. The van der Waals surface area contributed by atoms with Crippen molar-refractivity contribution >= 4 is 29.0 Å². The van der Waals surface area contributed by atoms with E-state index in [0.29, 0.717) is 34.4 Å². The molecule has 2 atom stereocenters. The highest BCUT2D eigenvalue weighted by Gasteiger charge is 2.41. The van der Waals surface area contributed by atoms with Crippen LogP contribution in [-0.4, -0.2) is 59.8 Å². The monoisotopic (exact) mass is 579 g/mol.